The standard InChI is InChI=1S/C21H23BrN4O2/c1-14(2)26-19-15(12-24-26)11-18(13-23-19)25-20(27)21(7-9-28-10-8-21)16-3-5-17(22)6-4-16/h3-6,11-14H,7-10H2,1-2H3,(H,25,27). The van der Waals surface area contributed by atoms with Crippen molar-refractivity contribution in [3.8, 4) is 0 Å². The zero-order valence-electron chi connectivity index (χ0n) is 16.0. The number of anilines is 1. The first kappa shape index (κ1) is 19.1. The van der Waals surface area contributed by atoms with Crippen LogP contribution in [0, 0.1) is 0 Å². The molecule has 0 bridgehead atoms. The second-order valence-corrected chi connectivity index (χ2v) is 8.39. The van der Waals surface area contributed by atoms with Gasteiger partial charge in [-0.05, 0) is 50.5 Å². The number of amides is 1. The number of hydrogen-bond donors (Lipinski definition) is 1. The van der Waals surface area contributed by atoms with E-state index in [2.05, 4.69) is 45.2 Å². The van der Waals surface area contributed by atoms with Crippen LogP contribution >= 0.6 is 15.9 Å². The number of nitrogens with one attached hydrogen (secondary N) is 1. The molecule has 3 aromatic rings. The number of ether oxygens (including phenoxy) is 1. The minimum atomic E-state index is -0.601. The maximum absolute atomic E-state index is 13.4. The molecule has 7 heteroatoms. The molecular weight excluding hydrogens is 420 g/mol. The van der Waals surface area contributed by atoms with Crippen molar-refractivity contribution in [2.75, 3.05) is 18.5 Å². The molecular formula is C21H23BrN4O2. The van der Waals surface area contributed by atoms with E-state index < -0.39 is 5.41 Å². The van der Waals surface area contributed by atoms with E-state index in [0.29, 0.717) is 31.7 Å². The number of fused-ring (bicyclic) bond motifs is 1. The molecule has 4 rings (SSSR count). The van der Waals surface area contributed by atoms with Gasteiger partial charge in [0.2, 0.25) is 5.91 Å². The van der Waals surface area contributed by atoms with Crippen LogP contribution in [0.15, 0.2) is 47.2 Å². The SMILES string of the molecule is CC(C)n1ncc2cc(NC(=O)C3(c4ccc(Br)cc4)CCOCC3)cnc21. The Bertz CT molecular complexity index is 991. The second-order valence-electron chi connectivity index (χ2n) is 7.48. The van der Waals surface area contributed by atoms with Crippen LogP contribution in [0.1, 0.15) is 38.3 Å². The lowest BCUT2D eigenvalue weighted by Crippen LogP contribution is -2.44. The van der Waals surface area contributed by atoms with E-state index in [-0.39, 0.29) is 11.9 Å². The van der Waals surface area contributed by atoms with Crippen LogP contribution in [0.2, 0.25) is 0 Å². The molecule has 0 saturated carbocycles. The number of carbonyl (C=O) groups is 1. The number of carbonyl (C=O) groups excluding carboxylic acids is 1. The van der Waals surface area contributed by atoms with Crippen molar-refractivity contribution in [3.05, 3.63) is 52.8 Å². The van der Waals surface area contributed by atoms with E-state index in [1.165, 1.54) is 0 Å². The number of benzene rings is 1. The van der Waals surface area contributed by atoms with Crippen molar-refractivity contribution in [1.29, 1.82) is 0 Å². The molecule has 0 aliphatic carbocycles. The summed E-state index contributed by atoms with van der Waals surface area (Å²) < 4.78 is 8.41. The van der Waals surface area contributed by atoms with Gasteiger partial charge in [-0.25, -0.2) is 9.67 Å². The highest BCUT2D eigenvalue weighted by Crippen LogP contribution is 2.37. The lowest BCUT2D eigenvalue weighted by atomic mass is 9.73. The van der Waals surface area contributed by atoms with Gasteiger partial charge in [0.15, 0.2) is 5.65 Å². The van der Waals surface area contributed by atoms with Gasteiger partial charge < -0.3 is 10.1 Å². The zero-order chi connectivity index (χ0) is 19.7. The topological polar surface area (TPSA) is 69.0 Å². The van der Waals surface area contributed by atoms with Crippen LogP contribution in [-0.4, -0.2) is 33.9 Å². The molecule has 6 nitrogen and oxygen atoms in total. The molecule has 1 N–H and O–H groups in total. The van der Waals surface area contributed by atoms with Gasteiger partial charge >= 0.3 is 0 Å². The van der Waals surface area contributed by atoms with Crippen LogP contribution in [0.25, 0.3) is 11.0 Å². The van der Waals surface area contributed by atoms with Crippen molar-refractivity contribution in [2.24, 2.45) is 0 Å². The zero-order valence-corrected chi connectivity index (χ0v) is 17.6. The Labute approximate surface area is 172 Å². The van der Waals surface area contributed by atoms with Gasteiger partial charge in [-0.3, -0.25) is 4.79 Å². The normalized spacial score (nSPS) is 16.4. The molecule has 1 aliphatic rings. The maximum atomic E-state index is 13.4. The van der Waals surface area contributed by atoms with Crippen molar-refractivity contribution in [3.63, 3.8) is 0 Å². The molecule has 0 spiro atoms. The summed E-state index contributed by atoms with van der Waals surface area (Å²) in [5.74, 6) is -0.0180. The van der Waals surface area contributed by atoms with Crippen molar-refractivity contribution in [1.82, 2.24) is 14.8 Å². The quantitative estimate of drug-likeness (QED) is 0.647. The number of halogens is 1. The van der Waals surface area contributed by atoms with E-state index in [1.807, 2.05) is 35.0 Å². The maximum Gasteiger partial charge on any atom is 0.235 e. The summed E-state index contributed by atoms with van der Waals surface area (Å²) in [6.45, 7) is 5.28. The molecule has 3 heterocycles. The summed E-state index contributed by atoms with van der Waals surface area (Å²) in [5.41, 5.74) is 1.92. The monoisotopic (exact) mass is 442 g/mol. The van der Waals surface area contributed by atoms with Gasteiger partial charge in [-0.2, -0.15) is 5.10 Å². The fraction of sp³-hybridized carbons (Fsp3) is 0.381. The Morgan fingerprint density at radius 3 is 2.61 bits per heavy atom. The van der Waals surface area contributed by atoms with E-state index in [0.717, 1.165) is 21.1 Å². The van der Waals surface area contributed by atoms with Crippen molar-refractivity contribution in [2.45, 2.75) is 38.1 Å². The van der Waals surface area contributed by atoms with Gasteiger partial charge in [-0.15, -0.1) is 0 Å². The Morgan fingerprint density at radius 2 is 1.93 bits per heavy atom. The summed E-state index contributed by atoms with van der Waals surface area (Å²) >= 11 is 3.47. The number of rotatable bonds is 4. The molecule has 0 unspecified atom stereocenters. The summed E-state index contributed by atoms with van der Waals surface area (Å²) in [6, 6.07) is 10.2. The Balaban J connectivity index is 1.64. The first-order valence-electron chi connectivity index (χ1n) is 9.48. The average molecular weight is 443 g/mol. The molecule has 1 aliphatic heterocycles. The van der Waals surface area contributed by atoms with E-state index in [9.17, 15) is 4.79 Å². The molecule has 1 aromatic carbocycles. The lowest BCUT2D eigenvalue weighted by molar-refractivity contribution is -0.125. The fourth-order valence-electron chi connectivity index (χ4n) is 3.77. The van der Waals surface area contributed by atoms with Crippen molar-refractivity contribution >= 4 is 38.6 Å². The molecule has 1 saturated heterocycles. The number of hydrogen-bond acceptors (Lipinski definition) is 4. The van der Waals surface area contributed by atoms with Crippen LogP contribution in [-0.2, 0) is 14.9 Å². The largest absolute Gasteiger partial charge is 0.381 e. The molecule has 1 amide bonds. The smallest absolute Gasteiger partial charge is 0.235 e. The average Bonchev–Trinajstić information content (AvgIpc) is 3.12. The first-order chi connectivity index (χ1) is 13.5. The number of aromatic nitrogens is 3. The molecule has 2 aromatic heterocycles. The highest BCUT2D eigenvalue weighted by Gasteiger charge is 2.41. The van der Waals surface area contributed by atoms with E-state index in [1.54, 1.807) is 12.4 Å². The summed E-state index contributed by atoms with van der Waals surface area (Å²) in [4.78, 5) is 17.9. The summed E-state index contributed by atoms with van der Waals surface area (Å²) in [5, 5.41) is 8.40. The van der Waals surface area contributed by atoms with E-state index in [4.69, 9.17) is 4.74 Å². The molecule has 1 fully saturated rings. The van der Waals surface area contributed by atoms with Gasteiger partial charge in [0, 0.05) is 29.1 Å². The van der Waals surface area contributed by atoms with Gasteiger partial charge in [0.1, 0.15) is 0 Å². The van der Waals surface area contributed by atoms with Gasteiger partial charge in [-0.1, -0.05) is 28.1 Å². The van der Waals surface area contributed by atoms with Gasteiger partial charge in [0.05, 0.1) is 23.5 Å². The third-order valence-electron chi connectivity index (χ3n) is 5.36. The van der Waals surface area contributed by atoms with Gasteiger partial charge in [0.25, 0.3) is 0 Å². The van der Waals surface area contributed by atoms with Crippen LogP contribution < -0.4 is 5.32 Å². The van der Waals surface area contributed by atoms with Crippen LogP contribution in [0.5, 0.6) is 0 Å². The van der Waals surface area contributed by atoms with Crippen LogP contribution in [0.3, 0.4) is 0 Å². The second kappa shape index (κ2) is 7.64. The lowest BCUT2D eigenvalue weighted by Gasteiger charge is -2.36. The van der Waals surface area contributed by atoms with Crippen LogP contribution in [0.4, 0.5) is 5.69 Å². The summed E-state index contributed by atoms with van der Waals surface area (Å²) in [6.07, 6.45) is 4.80. The first-order valence-corrected chi connectivity index (χ1v) is 10.3. The van der Waals surface area contributed by atoms with E-state index >= 15 is 0 Å². The minimum Gasteiger partial charge on any atom is -0.381 e. The molecule has 0 atom stereocenters. The predicted molar refractivity (Wildman–Crippen MR) is 112 cm³/mol. The highest BCUT2D eigenvalue weighted by molar-refractivity contribution is 9.10. The summed E-state index contributed by atoms with van der Waals surface area (Å²) in [7, 11) is 0. The Morgan fingerprint density at radius 1 is 1.21 bits per heavy atom. The third-order valence-corrected chi connectivity index (χ3v) is 5.89. The fourth-order valence-corrected chi connectivity index (χ4v) is 4.04. The molecule has 0 radical (unpaired) electrons. The minimum absolute atomic E-state index is 0.0180. The number of nitrogens with zero attached hydrogens (tertiary/aromatic N) is 3. The predicted octanol–water partition coefficient (Wildman–Crippen LogP) is 4.46. The Hall–Kier alpha value is -2.25. The van der Waals surface area contributed by atoms with Crippen molar-refractivity contribution < 1.29 is 9.53 Å². The molecule has 28 heavy (non-hydrogen) atoms. The Kier molecular flexibility index (Phi) is 5.21. The number of pyridine rings is 1. The molecule has 146 valence electrons. The third kappa shape index (κ3) is 3.44. The highest BCUT2D eigenvalue weighted by atomic mass is 79.9.